The summed E-state index contributed by atoms with van der Waals surface area (Å²) in [5, 5.41) is 4.56. The Labute approximate surface area is 118 Å². The van der Waals surface area contributed by atoms with Crippen LogP contribution in [0, 0.1) is 5.92 Å². The SMILES string of the molecule is CC(C)Cn1cc(N)c(-c2ccc3c(c2)OCCO3)n1. The maximum atomic E-state index is 6.07. The summed E-state index contributed by atoms with van der Waals surface area (Å²) in [4.78, 5) is 0. The Hall–Kier alpha value is -2.17. The van der Waals surface area contributed by atoms with Gasteiger partial charge in [-0.3, -0.25) is 4.68 Å². The van der Waals surface area contributed by atoms with Crippen molar-refractivity contribution in [2.45, 2.75) is 20.4 Å². The van der Waals surface area contributed by atoms with Crippen molar-refractivity contribution in [2.75, 3.05) is 18.9 Å². The summed E-state index contributed by atoms with van der Waals surface area (Å²) in [5.41, 5.74) is 8.50. The van der Waals surface area contributed by atoms with Crippen LogP contribution in [0.2, 0.25) is 0 Å². The van der Waals surface area contributed by atoms with Crippen LogP contribution in [0.5, 0.6) is 11.5 Å². The van der Waals surface area contributed by atoms with Gasteiger partial charge in [-0.05, 0) is 24.1 Å². The zero-order valence-corrected chi connectivity index (χ0v) is 11.8. The first kappa shape index (κ1) is 12.8. The first-order chi connectivity index (χ1) is 9.63. The number of nitrogens with two attached hydrogens (primary N) is 1. The molecular formula is C15H19N3O2. The Kier molecular flexibility index (Phi) is 3.26. The fourth-order valence-corrected chi connectivity index (χ4v) is 2.32. The molecule has 1 aromatic heterocycles. The van der Waals surface area contributed by atoms with Crippen molar-refractivity contribution in [3.05, 3.63) is 24.4 Å². The summed E-state index contributed by atoms with van der Waals surface area (Å²) in [6, 6.07) is 5.81. The molecule has 2 aromatic rings. The third-order valence-corrected chi connectivity index (χ3v) is 3.16. The van der Waals surface area contributed by atoms with Gasteiger partial charge in [0.2, 0.25) is 0 Å². The van der Waals surface area contributed by atoms with Gasteiger partial charge in [0.1, 0.15) is 18.9 Å². The number of rotatable bonds is 3. The zero-order chi connectivity index (χ0) is 14.1. The molecule has 3 rings (SSSR count). The van der Waals surface area contributed by atoms with Gasteiger partial charge in [0.05, 0.1) is 5.69 Å². The van der Waals surface area contributed by atoms with Crippen LogP contribution in [-0.2, 0) is 6.54 Å². The molecule has 0 spiro atoms. The maximum Gasteiger partial charge on any atom is 0.162 e. The molecule has 0 atom stereocenters. The minimum Gasteiger partial charge on any atom is -0.486 e. The van der Waals surface area contributed by atoms with Crippen molar-refractivity contribution in [1.29, 1.82) is 0 Å². The molecule has 0 saturated carbocycles. The highest BCUT2D eigenvalue weighted by molar-refractivity contribution is 5.74. The first-order valence-corrected chi connectivity index (χ1v) is 6.86. The normalized spacial score (nSPS) is 13.8. The minimum atomic E-state index is 0.530. The van der Waals surface area contributed by atoms with Gasteiger partial charge in [0.15, 0.2) is 11.5 Å². The molecule has 106 valence electrons. The number of hydrogen-bond donors (Lipinski definition) is 1. The summed E-state index contributed by atoms with van der Waals surface area (Å²) < 4.78 is 13.0. The second-order valence-electron chi connectivity index (χ2n) is 5.41. The van der Waals surface area contributed by atoms with Crippen LogP contribution in [-0.4, -0.2) is 23.0 Å². The zero-order valence-electron chi connectivity index (χ0n) is 11.8. The number of benzene rings is 1. The molecule has 1 aliphatic heterocycles. The quantitative estimate of drug-likeness (QED) is 0.933. The van der Waals surface area contributed by atoms with Crippen LogP contribution in [0.15, 0.2) is 24.4 Å². The van der Waals surface area contributed by atoms with E-state index in [1.165, 1.54) is 0 Å². The van der Waals surface area contributed by atoms with Crippen LogP contribution >= 0.6 is 0 Å². The van der Waals surface area contributed by atoms with Crippen molar-refractivity contribution in [2.24, 2.45) is 5.92 Å². The molecule has 0 amide bonds. The van der Waals surface area contributed by atoms with E-state index >= 15 is 0 Å². The predicted octanol–water partition coefficient (Wildman–Crippen LogP) is 2.56. The van der Waals surface area contributed by atoms with E-state index in [0.29, 0.717) is 24.8 Å². The van der Waals surface area contributed by atoms with Gasteiger partial charge < -0.3 is 15.2 Å². The average molecular weight is 273 g/mol. The lowest BCUT2D eigenvalue weighted by Crippen LogP contribution is -2.15. The highest BCUT2D eigenvalue weighted by Crippen LogP contribution is 2.35. The maximum absolute atomic E-state index is 6.07. The van der Waals surface area contributed by atoms with Crippen LogP contribution in [0.3, 0.4) is 0 Å². The van der Waals surface area contributed by atoms with E-state index in [-0.39, 0.29) is 0 Å². The molecule has 5 heteroatoms. The third-order valence-electron chi connectivity index (χ3n) is 3.16. The highest BCUT2D eigenvalue weighted by Gasteiger charge is 2.15. The molecule has 5 nitrogen and oxygen atoms in total. The van der Waals surface area contributed by atoms with E-state index in [0.717, 1.165) is 29.3 Å². The molecule has 0 radical (unpaired) electrons. The average Bonchev–Trinajstić information content (AvgIpc) is 2.78. The van der Waals surface area contributed by atoms with Crippen molar-refractivity contribution >= 4 is 5.69 Å². The summed E-state index contributed by atoms with van der Waals surface area (Å²) in [7, 11) is 0. The minimum absolute atomic E-state index is 0.530. The fourth-order valence-electron chi connectivity index (χ4n) is 2.32. The molecule has 0 fully saturated rings. The van der Waals surface area contributed by atoms with E-state index in [1.807, 2.05) is 29.1 Å². The summed E-state index contributed by atoms with van der Waals surface area (Å²) in [6.07, 6.45) is 1.88. The molecule has 1 aliphatic rings. The summed E-state index contributed by atoms with van der Waals surface area (Å²) in [5.74, 6) is 2.06. The van der Waals surface area contributed by atoms with Crippen molar-refractivity contribution in [1.82, 2.24) is 9.78 Å². The van der Waals surface area contributed by atoms with Crippen molar-refractivity contribution in [3.8, 4) is 22.8 Å². The highest BCUT2D eigenvalue weighted by atomic mass is 16.6. The summed E-state index contributed by atoms with van der Waals surface area (Å²) in [6.45, 7) is 6.34. The van der Waals surface area contributed by atoms with Gasteiger partial charge in [-0.1, -0.05) is 13.8 Å². The molecule has 0 saturated heterocycles. The largest absolute Gasteiger partial charge is 0.486 e. The molecule has 2 N–H and O–H groups in total. The summed E-state index contributed by atoms with van der Waals surface area (Å²) >= 11 is 0. The number of fused-ring (bicyclic) bond motifs is 1. The van der Waals surface area contributed by atoms with Gasteiger partial charge >= 0.3 is 0 Å². The Morgan fingerprint density at radius 1 is 1.25 bits per heavy atom. The number of aromatic nitrogens is 2. The number of nitrogen functional groups attached to an aromatic ring is 1. The molecule has 1 aromatic carbocycles. The lowest BCUT2D eigenvalue weighted by Gasteiger charge is -2.18. The van der Waals surface area contributed by atoms with Crippen molar-refractivity contribution < 1.29 is 9.47 Å². The van der Waals surface area contributed by atoms with E-state index in [4.69, 9.17) is 15.2 Å². The van der Waals surface area contributed by atoms with Crippen LogP contribution in [0.25, 0.3) is 11.3 Å². The van der Waals surface area contributed by atoms with Crippen LogP contribution in [0.4, 0.5) is 5.69 Å². The topological polar surface area (TPSA) is 62.3 Å². The molecular weight excluding hydrogens is 254 g/mol. The molecule has 20 heavy (non-hydrogen) atoms. The van der Waals surface area contributed by atoms with Gasteiger partial charge in [-0.25, -0.2) is 0 Å². The van der Waals surface area contributed by atoms with Gasteiger partial charge in [-0.15, -0.1) is 0 Å². The van der Waals surface area contributed by atoms with E-state index in [9.17, 15) is 0 Å². The third kappa shape index (κ3) is 2.43. The smallest absolute Gasteiger partial charge is 0.162 e. The Balaban J connectivity index is 1.94. The lowest BCUT2D eigenvalue weighted by molar-refractivity contribution is 0.171. The monoisotopic (exact) mass is 273 g/mol. The Morgan fingerprint density at radius 3 is 2.75 bits per heavy atom. The van der Waals surface area contributed by atoms with Gasteiger partial charge in [0, 0.05) is 18.3 Å². The Bertz CT molecular complexity index is 620. The van der Waals surface area contributed by atoms with Gasteiger partial charge in [0.25, 0.3) is 0 Å². The van der Waals surface area contributed by atoms with Crippen LogP contribution < -0.4 is 15.2 Å². The van der Waals surface area contributed by atoms with E-state index in [1.54, 1.807) is 0 Å². The number of hydrogen-bond acceptors (Lipinski definition) is 4. The molecule has 2 heterocycles. The molecule has 0 aliphatic carbocycles. The first-order valence-electron chi connectivity index (χ1n) is 6.86. The number of ether oxygens (including phenoxy) is 2. The lowest BCUT2D eigenvalue weighted by atomic mass is 10.1. The second kappa shape index (κ2) is 5.07. The molecule has 0 unspecified atom stereocenters. The van der Waals surface area contributed by atoms with Crippen molar-refractivity contribution in [3.63, 3.8) is 0 Å². The fraction of sp³-hybridized carbons (Fsp3) is 0.400. The van der Waals surface area contributed by atoms with Crippen LogP contribution in [0.1, 0.15) is 13.8 Å². The number of anilines is 1. The molecule has 0 bridgehead atoms. The van der Waals surface area contributed by atoms with Gasteiger partial charge in [-0.2, -0.15) is 5.10 Å². The Morgan fingerprint density at radius 2 is 2.00 bits per heavy atom. The predicted molar refractivity (Wildman–Crippen MR) is 77.9 cm³/mol. The van der Waals surface area contributed by atoms with E-state index < -0.39 is 0 Å². The standard InChI is InChI=1S/C15H19N3O2/c1-10(2)8-18-9-12(16)15(17-18)11-3-4-13-14(7-11)20-6-5-19-13/h3-4,7,9-10H,5-6,8,16H2,1-2H3. The number of nitrogens with zero attached hydrogens (tertiary/aromatic N) is 2. The second-order valence-corrected chi connectivity index (χ2v) is 5.41. The van der Waals surface area contributed by atoms with E-state index in [2.05, 4.69) is 18.9 Å².